The van der Waals surface area contributed by atoms with E-state index in [1.165, 1.54) is 5.56 Å². The first-order valence-electron chi connectivity index (χ1n) is 10.5. The largest absolute Gasteiger partial charge is 0.461 e. The molecular formula is C24H23N5O2. The molecule has 0 saturated heterocycles. The molecule has 0 radical (unpaired) electrons. The van der Waals surface area contributed by atoms with Crippen molar-refractivity contribution in [1.82, 2.24) is 19.6 Å². The predicted molar refractivity (Wildman–Crippen MR) is 117 cm³/mol. The molecule has 3 N–H and O–H groups in total. The highest BCUT2D eigenvalue weighted by molar-refractivity contribution is 5.64. The van der Waals surface area contributed by atoms with Gasteiger partial charge in [-0.1, -0.05) is 42.7 Å². The van der Waals surface area contributed by atoms with Crippen molar-refractivity contribution in [2.75, 3.05) is 5.73 Å². The van der Waals surface area contributed by atoms with Crippen LogP contribution in [0.5, 0.6) is 0 Å². The third kappa shape index (κ3) is 3.90. The number of hydrogen-bond acceptors (Lipinski definition) is 6. The highest BCUT2D eigenvalue weighted by Gasteiger charge is 2.37. The average Bonchev–Trinajstić information content (AvgIpc) is 3.45. The van der Waals surface area contributed by atoms with Gasteiger partial charge in [-0.3, -0.25) is 0 Å². The fraction of sp³-hybridized carbons (Fsp3) is 0.292. The number of aliphatic hydroxyl groups is 1. The molecule has 1 aromatic carbocycles. The average molecular weight is 413 g/mol. The Balaban J connectivity index is 1.45. The summed E-state index contributed by atoms with van der Waals surface area (Å²) in [7, 11) is 0. The number of aromatic nitrogens is 4. The molecule has 0 bridgehead atoms. The minimum absolute atomic E-state index is 0.0779. The second kappa shape index (κ2) is 7.89. The first-order chi connectivity index (χ1) is 15.1. The molecule has 3 heterocycles. The smallest absolute Gasteiger partial charge is 0.218 e. The number of rotatable bonds is 3. The number of nitrogens with zero attached hydrogens (tertiary/aromatic N) is 4. The number of anilines is 1. The highest BCUT2D eigenvalue weighted by atomic mass is 16.3. The zero-order chi connectivity index (χ0) is 21.3. The molecular weight excluding hydrogens is 390 g/mol. The van der Waals surface area contributed by atoms with Crippen LogP contribution in [-0.2, 0) is 6.42 Å². The summed E-state index contributed by atoms with van der Waals surface area (Å²) in [5, 5.41) is 15.8. The molecule has 156 valence electrons. The summed E-state index contributed by atoms with van der Waals surface area (Å²) in [6.45, 7) is 0. The quantitative estimate of drug-likeness (QED) is 0.499. The lowest BCUT2D eigenvalue weighted by Crippen LogP contribution is -2.40. The Morgan fingerprint density at radius 3 is 2.84 bits per heavy atom. The maximum Gasteiger partial charge on any atom is 0.218 e. The molecule has 0 aliphatic heterocycles. The zero-order valence-corrected chi connectivity index (χ0v) is 17.0. The number of nitrogens with two attached hydrogens (primary N) is 1. The van der Waals surface area contributed by atoms with Crippen LogP contribution in [0.4, 0.5) is 5.82 Å². The summed E-state index contributed by atoms with van der Waals surface area (Å²) >= 11 is 0. The van der Waals surface area contributed by atoms with Gasteiger partial charge in [0.15, 0.2) is 17.2 Å². The van der Waals surface area contributed by atoms with E-state index >= 15 is 0 Å². The van der Waals surface area contributed by atoms with Crippen LogP contribution >= 0.6 is 0 Å². The summed E-state index contributed by atoms with van der Waals surface area (Å²) < 4.78 is 6.91. The summed E-state index contributed by atoms with van der Waals surface area (Å²) in [5.41, 5.74) is 7.14. The van der Waals surface area contributed by atoms with E-state index in [1.54, 1.807) is 29.1 Å². The number of fused-ring (bicyclic) bond motifs is 1. The van der Waals surface area contributed by atoms with E-state index in [4.69, 9.17) is 10.2 Å². The predicted octanol–water partition coefficient (Wildman–Crippen LogP) is 3.48. The van der Waals surface area contributed by atoms with Gasteiger partial charge in [0, 0.05) is 5.92 Å². The number of nitrogen functional groups attached to an aromatic ring is 1. The number of furan rings is 1. The third-order valence-electron chi connectivity index (χ3n) is 5.86. The molecule has 5 rings (SSSR count). The zero-order valence-electron chi connectivity index (χ0n) is 17.0. The molecule has 1 saturated carbocycles. The fourth-order valence-electron chi connectivity index (χ4n) is 4.22. The third-order valence-corrected chi connectivity index (χ3v) is 5.86. The van der Waals surface area contributed by atoms with Gasteiger partial charge in [0.25, 0.3) is 0 Å². The Labute approximate surface area is 179 Å². The first-order valence-corrected chi connectivity index (χ1v) is 10.5. The topological polar surface area (TPSA) is 102 Å². The van der Waals surface area contributed by atoms with E-state index in [1.807, 2.05) is 18.2 Å². The van der Waals surface area contributed by atoms with Crippen molar-refractivity contribution < 1.29 is 9.52 Å². The molecule has 3 aromatic heterocycles. The maximum atomic E-state index is 11.4. The van der Waals surface area contributed by atoms with E-state index in [0.29, 0.717) is 29.3 Å². The molecule has 7 heteroatoms. The molecule has 1 fully saturated rings. The number of benzene rings is 1. The van der Waals surface area contributed by atoms with Gasteiger partial charge in [0.2, 0.25) is 5.82 Å². The van der Waals surface area contributed by atoms with E-state index < -0.39 is 5.60 Å². The summed E-state index contributed by atoms with van der Waals surface area (Å²) in [5.74, 6) is 7.45. The van der Waals surface area contributed by atoms with Crippen LogP contribution in [-0.4, -0.2) is 30.3 Å². The second-order valence-corrected chi connectivity index (χ2v) is 8.00. The molecule has 31 heavy (non-hydrogen) atoms. The van der Waals surface area contributed by atoms with Crippen LogP contribution in [0.3, 0.4) is 0 Å². The molecule has 0 spiro atoms. The maximum absolute atomic E-state index is 11.4. The van der Waals surface area contributed by atoms with Crippen molar-refractivity contribution in [2.45, 2.75) is 37.7 Å². The van der Waals surface area contributed by atoms with Crippen molar-refractivity contribution in [1.29, 1.82) is 0 Å². The Morgan fingerprint density at radius 2 is 2.03 bits per heavy atom. The van der Waals surface area contributed by atoms with Gasteiger partial charge in [-0.25, -0.2) is 14.5 Å². The van der Waals surface area contributed by atoms with Crippen molar-refractivity contribution in [3.05, 3.63) is 66.2 Å². The minimum Gasteiger partial charge on any atom is -0.461 e. The monoisotopic (exact) mass is 413 g/mol. The molecule has 2 unspecified atom stereocenters. The van der Waals surface area contributed by atoms with E-state index in [0.717, 1.165) is 25.7 Å². The molecule has 1 aliphatic carbocycles. The van der Waals surface area contributed by atoms with Gasteiger partial charge in [-0.05, 0) is 49.3 Å². The van der Waals surface area contributed by atoms with Crippen molar-refractivity contribution >= 4 is 11.5 Å². The molecule has 0 amide bonds. The van der Waals surface area contributed by atoms with Crippen LogP contribution in [0.2, 0.25) is 0 Å². The van der Waals surface area contributed by atoms with Crippen LogP contribution < -0.4 is 5.73 Å². The van der Waals surface area contributed by atoms with Gasteiger partial charge >= 0.3 is 0 Å². The highest BCUT2D eigenvalue weighted by Crippen LogP contribution is 2.35. The normalized spacial score (nSPS) is 21.0. The van der Waals surface area contributed by atoms with Gasteiger partial charge in [-0.15, -0.1) is 5.10 Å². The van der Waals surface area contributed by atoms with Gasteiger partial charge < -0.3 is 15.3 Å². The fourth-order valence-corrected chi connectivity index (χ4v) is 4.22. The molecule has 4 aromatic rings. The van der Waals surface area contributed by atoms with Crippen LogP contribution in [0.25, 0.3) is 17.2 Å². The van der Waals surface area contributed by atoms with Crippen LogP contribution in [0.15, 0.2) is 59.3 Å². The van der Waals surface area contributed by atoms with Crippen molar-refractivity contribution in [3.63, 3.8) is 0 Å². The lowest BCUT2D eigenvalue weighted by atomic mass is 9.73. The SMILES string of the molecule is Nc1nc(C#CC2(O)CCCCC2Cc2ccccc2)cn2nc(-c3ccco3)nc12. The van der Waals surface area contributed by atoms with Crippen LogP contribution in [0, 0.1) is 17.8 Å². The molecule has 2 atom stereocenters. The summed E-state index contributed by atoms with van der Waals surface area (Å²) in [6, 6.07) is 13.8. The van der Waals surface area contributed by atoms with Gasteiger partial charge in [0.1, 0.15) is 11.3 Å². The first kappa shape index (κ1) is 19.3. The minimum atomic E-state index is -1.05. The Bertz CT molecular complexity index is 1250. The van der Waals surface area contributed by atoms with Crippen molar-refractivity contribution in [2.24, 2.45) is 5.92 Å². The summed E-state index contributed by atoms with van der Waals surface area (Å²) in [4.78, 5) is 8.75. The Hall–Kier alpha value is -3.63. The standard InChI is InChI=1S/C24H23N5O2/c25-21-23-27-22(20-10-6-14-31-20)28-29(23)16-19(26-21)11-13-24(30)12-5-4-9-18(24)15-17-7-2-1-3-8-17/h1-3,6-8,10,14,16,18,30H,4-5,9,12,15H2,(H2,25,26). The second-order valence-electron chi connectivity index (χ2n) is 8.00. The number of hydrogen-bond donors (Lipinski definition) is 2. The lowest BCUT2D eigenvalue weighted by molar-refractivity contribution is 0.00445. The molecule has 7 nitrogen and oxygen atoms in total. The van der Waals surface area contributed by atoms with Crippen molar-refractivity contribution in [3.8, 4) is 23.4 Å². The Morgan fingerprint density at radius 1 is 1.16 bits per heavy atom. The van der Waals surface area contributed by atoms with Crippen LogP contribution in [0.1, 0.15) is 36.9 Å². The lowest BCUT2D eigenvalue weighted by Gasteiger charge is -2.36. The molecule has 1 aliphatic rings. The van der Waals surface area contributed by atoms with E-state index in [-0.39, 0.29) is 11.7 Å². The van der Waals surface area contributed by atoms with E-state index in [2.05, 4.69) is 39.0 Å². The Kier molecular flexibility index (Phi) is 4.92. The van der Waals surface area contributed by atoms with Gasteiger partial charge in [0.05, 0.1) is 12.5 Å². The summed E-state index contributed by atoms with van der Waals surface area (Å²) in [6.07, 6.45) is 7.71. The van der Waals surface area contributed by atoms with E-state index in [9.17, 15) is 5.11 Å². The van der Waals surface area contributed by atoms with Gasteiger partial charge in [-0.2, -0.15) is 0 Å².